The molecule has 4 heterocycles. The Morgan fingerprint density at radius 1 is 0.277 bits per heavy atom. The van der Waals surface area contributed by atoms with Gasteiger partial charge in [0.2, 0.25) is 0 Å². The van der Waals surface area contributed by atoms with E-state index in [4.69, 9.17) is 4.74 Å². The Kier molecular flexibility index (Phi) is 15.1. The average Bonchev–Trinajstić information content (AvgIpc) is 1.68. The van der Waals surface area contributed by atoms with Crippen molar-refractivity contribution in [2.24, 2.45) is 0 Å². The summed E-state index contributed by atoms with van der Waals surface area (Å²) in [5.74, 6) is 1.76. The van der Waals surface area contributed by atoms with Gasteiger partial charge in [0.25, 0.3) is 6.71 Å². The van der Waals surface area contributed by atoms with E-state index >= 15 is 0 Å². The van der Waals surface area contributed by atoms with Gasteiger partial charge >= 0.3 is 0 Å². The molecule has 12 aromatic carbocycles. The molecular weight excluding hydrogens is 1220 g/mol. The van der Waals surface area contributed by atoms with Crippen LogP contribution in [0.4, 0.5) is 17.1 Å². The first-order valence-electron chi connectivity index (χ1n) is 36.5. The van der Waals surface area contributed by atoms with E-state index in [1.807, 2.05) is 0 Å². The minimum Gasteiger partial charge on any atom is -0.458 e. The van der Waals surface area contributed by atoms with Crippen LogP contribution in [0.3, 0.4) is 0 Å². The zero-order valence-corrected chi connectivity index (χ0v) is 62.4. The maximum absolute atomic E-state index is 7.79. The van der Waals surface area contributed by atoms with E-state index < -0.39 is 0 Å². The number of anilines is 3. The van der Waals surface area contributed by atoms with Crippen LogP contribution >= 0.6 is 0 Å². The van der Waals surface area contributed by atoms with E-state index in [1.54, 1.807) is 0 Å². The SMILES string of the molecule is CC(C)(C)c1ccc(-c2cccc(-c3ccc(C(C)(C)C)cc3)c2-n2c3ccccc3c3c4c(ccc32)Oc2cc(C(C)(C)C)cc3c2B4c2ccc(-n4c5ccc(C(C)(C)C)cc5c5cc(C(C)(C)C)ccc54)cc2N3c2c(-c3ccccc3)cc(C(C)(C)C)cc2-c2ccccc2)cc1. The van der Waals surface area contributed by atoms with Gasteiger partial charge in [0.05, 0.1) is 33.4 Å². The molecule has 0 spiro atoms. The topological polar surface area (TPSA) is 22.3 Å². The number of nitrogens with zero attached hydrogens (tertiary/aromatic N) is 3. The zero-order chi connectivity index (χ0) is 70.8. The normalized spacial score (nSPS) is 13.5. The van der Waals surface area contributed by atoms with E-state index in [0.717, 1.165) is 67.6 Å². The molecule has 0 atom stereocenters. The molecule has 2 aromatic heterocycles. The van der Waals surface area contributed by atoms with Crippen LogP contribution in [-0.4, -0.2) is 15.8 Å². The molecule has 0 saturated carbocycles. The van der Waals surface area contributed by atoms with Crippen LogP contribution in [-0.2, 0) is 32.5 Å². The van der Waals surface area contributed by atoms with Crippen molar-refractivity contribution < 1.29 is 4.74 Å². The summed E-state index contributed by atoms with van der Waals surface area (Å²) >= 11 is 0. The fourth-order valence-electron chi connectivity index (χ4n) is 16.1. The summed E-state index contributed by atoms with van der Waals surface area (Å²) in [5.41, 5.74) is 30.3. The Hall–Kier alpha value is -10.1. The number of rotatable bonds is 7. The molecule has 0 radical (unpaired) electrons. The zero-order valence-electron chi connectivity index (χ0n) is 62.4. The minimum absolute atomic E-state index is 0.00162. The lowest BCUT2D eigenvalue weighted by atomic mass is 9.33. The molecule has 101 heavy (non-hydrogen) atoms. The Morgan fingerprint density at radius 2 is 0.723 bits per heavy atom. The maximum Gasteiger partial charge on any atom is 0.257 e. The summed E-state index contributed by atoms with van der Waals surface area (Å²) in [5, 5.41) is 4.89. The van der Waals surface area contributed by atoms with Gasteiger partial charge in [-0.05, 0) is 183 Å². The van der Waals surface area contributed by atoms with Gasteiger partial charge in [-0.2, -0.15) is 0 Å². The van der Waals surface area contributed by atoms with Crippen molar-refractivity contribution in [2.75, 3.05) is 4.90 Å². The fraction of sp³-hybridized carbons (Fsp3) is 0.250. The Bertz CT molecular complexity index is 5440. The van der Waals surface area contributed by atoms with Crippen molar-refractivity contribution in [1.29, 1.82) is 0 Å². The molecule has 2 aliphatic rings. The third kappa shape index (κ3) is 11.0. The van der Waals surface area contributed by atoms with Gasteiger partial charge in [-0.1, -0.05) is 288 Å². The first kappa shape index (κ1) is 65.5. The van der Waals surface area contributed by atoms with Gasteiger partial charge in [-0.25, -0.2) is 0 Å². The first-order chi connectivity index (χ1) is 47.9. The molecule has 0 saturated heterocycles. The highest BCUT2D eigenvalue weighted by atomic mass is 16.5. The molecule has 0 amide bonds. The summed E-state index contributed by atoms with van der Waals surface area (Å²) in [4.78, 5) is 2.68. The standard InChI is InChI=1S/C96H94BN3O/c1-91(2,3)63-40-36-61(37-41-63)70-33-27-34-71(62-38-42-64(43-39-62)92(4,5)6)89(70)99-78-35-26-25-32-72(78)86-81(99)50-51-84-88(86)97-77-47-46-69(98-79-48-44-65(93(7,8)9)52-75(79)76-53-66(94(10,11)12)45-49-80(76)98)58-82(77)100(83-56-68(96(16,17)18)57-85(101-84)87(83)97)90-73(59-28-21-19-22-29-59)54-67(95(13,14)15)55-74(90)60-30-23-20-24-31-60/h19-58H,1-18H3. The van der Waals surface area contributed by atoms with Gasteiger partial charge in [0.15, 0.2) is 0 Å². The lowest BCUT2D eigenvalue weighted by molar-refractivity contribution is 0.484. The molecule has 14 aromatic rings. The van der Waals surface area contributed by atoms with Gasteiger partial charge in [0, 0.05) is 60.9 Å². The smallest absolute Gasteiger partial charge is 0.257 e. The largest absolute Gasteiger partial charge is 0.458 e. The van der Waals surface area contributed by atoms with Gasteiger partial charge in [0.1, 0.15) is 11.5 Å². The van der Waals surface area contributed by atoms with E-state index in [0.29, 0.717) is 0 Å². The quantitative estimate of drug-likeness (QED) is 0.148. The summed E-state index contributed by atoms with van der Waals surface area (Å²) in [6.45, 7) is 41.6. The number of ether oxygens (including phenoxy) is 1. The Morgan fingerprint density at radius 3 is 1.23 bits per heavy atom. The van der Waals surface area contributed by atoms with Crippen molar-refractivity contribution in [1.82, 2.24) is 9.13 Å². The highest BCUT2D eigenvalue weighted by Crippen LogP contribution is 2.53. The van der Waals surface area contributed by atoms with Crippen LogP contribution in [0.2, 0.25) is 0 Å². The molecule has 2 aliphatic heterocycles. The van der Waals surface area contributed by atoms with Gasteiger partial charge < -0.3 is 18.8 Å². The van der Waals surface area contributed by atoms with Crippen molar-refractivity contribution in [3.05, 3.63) is 276 Å². The summed E-state index contributed by atoms with van der Waals surface area (Å²) in [6, 6.07) is 93.5. The van der Waals surface area contributed by atoms with Crippen LogP contribution in [0.1, 0.15) is 158 Å². The van der Waals surface area contributed by atoms with Crippen LogP contribution < -0.4 is 26.0 Å². The fourth-order valence-corrected chi connectivity index (χ4v) is 16.1. The van der Waals surface area contributed by atoms with Crippen molar-refractivity contribution in [3.8, 4) is 67.4 Å². The number of fused-ring (bicyclic) bond motifs is 11. The molecule has 0 fully saturated rings. The second-order valence-electron chi connectivity index (χ2n) is 35.1. The highest BCUT2D eigenvalue weighted by molar-refractivity contribution is 7.01. The van der Waals surface area contributed by atoms with Gasteiger partial charge in [-0.3, -0.25) is 0 Å². The van der Waals surface area contributed by atoms with Gasteiger partial charge in [-0.15, -0.1) is 0 Å². The van der Waals surface area contributed by atoms with Crippen LogP contribution in [0.25, 0.3) is 99.5 Å². The lowest BCUT2D eigenvalue weighted by Crippen LogP contribution is -2.60. The molecule has 4 nitrogen and oxygen atoms in total. The Balaban J connectivity index is 1.05. The molecule has 0 aliphatic carbocycles. The summed E-state index contributed by atoms with van der Waals surface area (Å²) < 4.78 is 12.9. The lowest BCUT2D eigenvalue weighted by Gasteiger charge is -2.43. The number of aromatic nitrogens is 2. The third-order valence-electron chi connectivity index (χ3n) is 21.9. The van der Waals surface area contributed by atoms with Crippen molar-refractivity contribution >= 4 is 83.8 Å². The summed E-state index contributed by atoms with van der Waals surface area (Å²) in [7, 11) is 0. The van der Waals surface area contributed by atoms with Crippen molar-refractivity contribution in [3.63, 3.8) is 0 Å². The average molecular weight is 1320 g/mol. The Labute approximate surface area is 599 Å². The second-order valence-corrected chi connectivity index (χ2v) is 35.1. The van der Waals surface area contributed by atoms with E-state index in [1.165, 1.54) is 110 Å². The van der Waals surface area contributed by atoms with E-state index in [-0.39, 0.29) is 39.2 Å². The second kappa shape index (κ2) is 23.2. The molecule has 16 rings (SSSR count). The molecule has 5 heteroatoms. The molecule has 502 valence electrons. The number of hydrogen-bond acceptors (Lipinski definition) is 2. The first-order valence-corrected chi connectivity index (χ1v) is 36.5. The minimum atomic E-state index is -0.276. The maximum atomic E-state index is 7.79. The summed E-state index contributed by atoms with van der Waals surface area (Å²) in [6.07, 6.45) is 0. The number of hydrogen-bond donors (Lipinski definition) is 0. The third-order valence-corrected chi connectivity index (χ3v) is 21.9. The number of benzene rings is 12. The predicted octanol–water partition coefficient (Wildman–Crippen LogP) is 24.7. The highest BCUT2D eigenvalue weighted by Gasteiger charge is 2.46. The predicted molar refractivity (Wildman–Crippen MR) is 435 cm³/mol. The van der Waals surface area contributed by atoms with Crippen LogP contribution in [0.15, 0.2) is 243 Å². The molecule has 0 unspecified atom stereocenters. The van der Waals surface area contributed by atoms with Crippen LogP contribution in [0, 0.1) is 0 Å². The van der Waals surface area contributed by atoms with Crippen molar-refractivity contribution in [2.45, 2.75) is 157 Å². The monoisotopic (exact) mass is 1320 g/mol. The molecule has 0 N–H and O–H groups in total. The molecule has 0 bridgehead atoms. The van der Waals surface area contributed by atoms with E-state index in [9.17, 15) is 0 Å². The van der Waals surface area contributed by atoms with E-state index in [2.05, 4.69) is 381 Å². The molecular formula is C96H94BN3O. The number of para-hydroxylation sites is 2. The van der Waals surface area contributed by atoms with Crippen LogP contribution in [0.5, 0.6) is 11.5 Å².